The molecule has 0 aliphatic heterocycles. The average Bonchev–Trinajstić information content (AvgIpc) is 3.12. The quantitative estimate of drug-likeness (QED) is 0.810. The molecule has 132 valence electrons. The van der Waals surface area contributed by atoms with Gasteiger partial charge in [-0.2, -0.15) is 0 Å². The van der Waals surface area contributed by atoms with E-state index in [4.69, 9.17) is 4.74 Å². The van der Waals surface area contributed by atoms with Crippen molar-refractivity contribution in [1.82, 2.24) is 0 Å². The van der Waals surface area contributed by atoms with Crippen LogP contribution < -0.4 is 5.32 Å². The molecule has 24 heavy (non-hydrogen) atoms. The highest BCUT2D eigenvalue weighted by Crippen LogP contribution is 2.40. The highest BCUT2D eigenvalue weighted by Gasteiger charge is 2.31. The Hall–Kier alpha value is -1.36. The topological polar surface area (TPSA) is 55.4 Å². The Labute approximate surface area is 148 Å². The highest BCUT2D eigenvalue weighted by molar-refractivity contribution is 7.17. The summed E-state index contributed by atoms with van der Waals surface area (Å²) in [5, 5.41) is 3.76. The molecule has 1 heterocycles. The van der Waals surface area contributed by atoms with Crippen LogP contribution in [-0.2, 0) is 22.4 Å². The van der Waals surface area contributed by atoms with Crippen LogP contribution in [0.4, 0.5) is 5.00 Å². The van der Waals surface area contributed by atoms with Gasteiger partial charge >= 0.3 is 5.97 Å². The minimum atomic E-state index is -0.293. The normalized spacial score (nSPS) is 20.9. The SMILES string of the molecule is CC1CCc2c(sc(NC(=O)C3CCCC3)c2C(=O)OC(C)C)C1. The van der Waals surface area contributed by atoms with Gasteiger partial charge in [0, 0.05) is 10.8 Å². The summed E-state index contributed by atoms with van der Waals surface area (Å²) >= 11 is 1.58. The van der Waals surface area contributed by atoms with Gasteiger partial charge in [0.15, 0.2) is 0 Å². The van der Waals surface area contributed by atoms with Crippen molar-refractivity contribution in [3.8, 4) is 0 Å². The van der Waals surface area contributed by atoms with Gasteiger partial charge < -0.3 is 10.1 Å². The van der Waals surface area contributed by atoms with Crippen LogP contribution in [0.1, 0.15) is 73.7 Å². The minimum absolute atomic E-state index is 0.0674. The van der Waals surface area contributed by atoms with E-state index < -0.39 is 0 Å². The van der Waals surface area contributed by atoms with Gasteiger partial charge in [0.2, 0.25) is 5.91 Å². The zero-order valence-corrected chi connectivity index (χ0v) is 15.6. The number of nitrogens with one attached hydrogen (secondary N) is 1. The number of esters is 1. The molecule has 0 aromatic carbocycles. The van der Waals surface area contributed by atoms with Gasteiger partial charge in [0.1, 0.15) is 5.00 Å². The maximum absolute atomic E-state index is 12.6. The first kappa shape index (κ1) is 17.5. The summed E-state index contributed by atoms with van der Waals surface area (Å²) in [5.41, 5.74) is 1.72. The van der Waals surface area contributed by atoms with Gasteiger partial charge in [-0.25, -0.2) is 4.79 Å². The fourth-order valence-corrected chi connectivity index (χ4v) is 5.13. The van der Waals surface area contributed by atoms with Crippen molar-refractivity contribution in [3.05, 3.63) is 16.0 Å². The number of ether oxygens (including phenoxy) is 1. The number of rotatable bonds is 4. The maximum Gasteiger partial charge on any atom is 0.341 e. The molecule has 1 amide bonds. The Kier molecular flexibility index (Phi) is 5.28. The van der Waals surface area contributed by atoms with E-state index in [1.54, 1.807) is 11.3 Å². The monoisotopic (exact) mass is 349 g/mol. The zero-order chi connectivity index (χ0) is 17.3. The number of carbonyl (C=O) groups excluding carboxylic acids is 2. The molecule has 0 radical (unpaired) electrons. The van der Waals surface area contributed by atoms with Crippen LogP contribution in [0.25, 0.3) is 0 Å². The van der Waals surface area contributed by atoms with E-state index in [9.17, 15) is 9.59 Å². The number of thiophene rings is 1. The molecule has 1 saturated carbocycles. The molecule has 2 aliphatic rings. The third-order valence-electron chi connectivity index (χ3n) is 5.02. The predicted octanol–water partition coefficient (Wildman–Crippen LogP) is 4.57. The molecule has 1 aromatic rings. The van der Waals surface area contributed by atoms with Gasteiger partial charge in [-0.05, 0) is 57.4 Å². The van der Waals surface area contributed by atoms with Crippen molar-refractivity contribution in [1.29, 1.82) is 0 Å². The summed E-state index contributed by atoms with van der Waals surface area (Å²) in [6.45, 7) is 5.96. The maximum atomic E-state index is 12.6. The standard InChI is InChI=1S/C19H27NO3S/c1-11(2)23-19(22)16-14-9-8-12(3)10-15(14)24-18(16)20-17(21)13-6-4-5-7-13/h11-13H,4-10H2,1-3H3,(H,20,21). The van der Waals surface area contributed by atoms with Crippen LogP contribution in [0.15, 0.2) is 0 Å². The summed E-state index contributed by atoms with van der Waals surface area (Å²) in [4.78, 5) is 26.4. The lowest BCUT2D eigenvalue weighted by atomic mass is 9.88. The van der Waals surface area contributed by atoms with Crippen molar-refractivity contribution >= 4 is 28.2 Å². The number of fused-ring (bicyclic) bond motifs is 1. The third kappa shape index (κ3) is 3.66. The lowest BCUT2D eigenvalue weighted by molar-refractivity contribution is -0.119. The van der Waals surface area contributed by atoms with Crippen molar-refractivity contribution < 1.29 is 14.3 Å². The smallest absolute Gasteiger partial charge is 0.341 e. The Bertz CT molecular complexity index is 629. The van der Waals surface area contributed by atoms with Gasteiger partial charge in [-0.15, -0.1) is 11.3 Å². The lowest BCUT2D eigenvalue weighted by Crippen LogP contribution is -2.22. The Balaban J connectivity index is 1.88. The number of amides is 1. The summed E-state index contributed by atoms with van der Waals surface area (Å²) in [6, 6.07) is 0. The molecule has 1 N–H and O–H groups in total. The Morgan fingerprint density at radius 1 is 1.21 bits per heavy atom. The molecule has 3 rings (SSSR count). The van der Waals surface area contributed by atoms with Gasteiger partial charge in [0.05, 0.1) is 11.7 Å². The van der Waals surface area contributed by atoms with Crippen LogP contribution >= 0.6 is 11.3 Å². The van der Waals surface area contributed by atoms with E-state index >= 15 is 0 Å². The molecular weight excluding hydrogens is 322 g/mol. The zero-order valence-electron chi connectivity index (χ0n) is 14.8. The molecule has 4 nitrogen and oxygen atoms in total. The molecule has 1 atom stereocenters. The summed E-state index contributed by atoms with van der Waals surface area (Å²) in [7, 11) is 0. The molecule has 2 aliphatic carbocycles. The van der Waals surface area contributed by atoms with Crippen molar-refractivity contribution in [3.63, 3.8) is 0 Å². The van der Waals surface area contributed by atoms with E-state index in [2.05, 4.69) is 12.2 Å². The first-order valence-electron chi connectivity index (χ1n) is 9.12. The highest BCUT2D eigenvalue weighted by atomic mass is 32.1. The summed E-state index contributed by atoms with van der Waals surface area (Å²) < 4.78 is 5.45. The first-order valence-corrected chi connectivity index (χ1v) is 9.93. The molecule has 5 heteroatoms. The molecular formula is C19H27NO3S. The number of hydrogen-bond acceptors (Lipinski definition) is 4. The van der Waals surface area contributed by atoms with Crippen LogP contribution in [0.5, 0.6) is 0 Å². The second-order valence-electron chi connectivity index (χ2n) is 7.48. The van der Waals surface area contributed by atoms with Crippen LogP contribution in [0.2, 0.25) is 0 Å². The largest absolute Gasteiger partial charge is 0.459 e. The van der Waals surface area contributed by atoms with Crippen molar-refractivity contribution in [2.24, 2.45) is 11.8 Å². The van der Waals surface area contributed by atoms with Gasteiger partial charge in [0.25, 0.3) is 0 Å². The lowest BCUT2D eigenvalue weighted by Gasteiger charge is -2.19. The fraction of sp³-hybridized carbons (Fsp3) is 0.684. The molecule has 1 unspecified atom stereocenters. The van der Waals surface area contributed by atoms with E-state index in [0.717, 1.165) is 50.5 Å². The van der Waals surface area contributed by atoms with E-state index in [1.165, 1.54) is 4.88 Å². The molecule has 0 saturated heterocycles. The molecule has 1 fully saturated rings. The van der Waals surface area contributed by atoms with E-state index in [1.807, 2.05) is 13.8 Å². The van der Waals surface area contributed by atoms with Crippen molar-refractivity contribution in [2.45, 2.75) is 71.8 Å². The second-order valence-corrected chi connectivity index (χ2v) is 8.59. The van der Waals surface area contributed by atoms with Crippen LogP contribution in [0, 0.1) is 11.8 Å². The van der Waals surface area contributed by atoms with E-state index in [0.29, 0.717) is 16.5 Å². The number of carbonyl (C=O) groups is 2. The van der Waals surface area contributed by atoms with Gasteiger partial charge in [-0.1, -0.05) is 19.8 Å². The molecule has 0 bridgehead atoms. The Morgan fingerprint density at radius 3 is 2.58 bits per heavy atom. The molecule has 0 spiro atoms. The summed E-state index contributed by atoms with van der Waals surface area (Å²) in [6.07, 6.45) is 6.98. The van der Waals surface area contributed by atoms with Crippen LogP contribution in [0.3, 0.4) is 0 Å². The van der Waals surface area contributed by atoms with Gasteiger partial charge in [-0.3, -0.25) is 4.79 Å². The summed E-state index contributed by atoms with van der Waals surface area (Å²) in [5.74, 6) is 0.497. The Morgan fingerprint density at radius 2 is 1.92 bits per heavy atom. The van der Waals surface area contributed by atoms with Crippen molar-refractivity contribution in [2.75, 3.05) is 5.32 Å². The van der Waals surface area contributed by atoms with E-state index in [-0.39, 0.29) is 23.9 Å². The second kappa shape index (κ2) is 7.26. The molecule has 1 aromatic heterocycles. The minimum Gasteiger partial charge on any atom is -0.459 e. The first-order chi connectivity index (χ1) is 11.5. The third-order valence-corrected chi connectivity index (χ3v) is 6.19. The average molecular weight is 349 g/mol. The number of hydrogen-bond donors (Lipinski definition) is 1. The number of anilines is 1. The predicted molar refractivity (Wildman–Crippen MR) is 96.6 cm³/mol. The fourth-order valence-electron chi connectivity index (χ4n) is 3.73. The van der Waals surface area contributed by atoms with Crippen LogP contribution in [-0.4, -0.2) is 18.0 Å².